The molecular weight excluding hydrogens is 280 g/mol. The second-order valence-corrected chi connectivity index (χ2v) is 8.15. The first-order valence-corrected chi connectivity index (χ1v) is 9.62. The van der Waals surface area contributed by atoms with Crippen LogP contribution in [-0.4, -0.2) is 9.52 Å². The fourth-order valence-corrected chi connectivity index (χ4v) is 5.70. The van der Waals surface area contributed by atoms with Gasteiger partial charge in [-0.3, -0.25) is 0 Å². The standard InChI is InChI=1S/C21H24Si/c1-4-19-16(3)14-20(17-12-10-15(2)11-13-17)21(19)22-18-8-6-5-7-9-18/h5-13H,4,14,22H2,1-3H3. The summed E-state index contributed by atoms with van der Waals surface area (Å²) in [4.78, 5) is 0. The summed E-state index contributed by atoms with van der Waals surface area (Å²) in [7, 11) is -0.404. The molecule has 0 saturated heterocycles. The SMILES string of the molecule is CCC1=C(C)CC(c2ccc(C)cc2)=C1[SiH2]c1ccccc1. The Balaban J connectivity index is 2.03. The number of hydrogen-bond acceptors (Lipinski definition) is 0. The van der Waals surface area contributed by atoms with Crippen molar-refractivity contribution in [2.45, 2.75) is 33.6 Å². The maximum atomic E-state index is 2.32. The summed E-state index contributed by atoms with van der Waals surface area (Å²) < 4.78 is 0. The third-order valence-electron chi connectivity index (χ3n) is 4.66. The second kappa shape index (κ2) is 6.49. The minimum Gasteiger partial charge on any atom is -0.0658 e. The van der Waals surface area contributed by atoms with Gasteiger partial charge < -0.3 is 0 Å². The summed E-state index contributed by atoms with van der Waals surface area (Å²) in [5, 5.41) is 3.23. The Labute approximate surface area is 136 Å². The smallest absolute Gasteiger partial charge is 0.0658 e. The van der Waals surface area contributed by atoms with E-state index >= 15 is 0 Å². The molecular formula is C21H24Si. The maximum Gasteiger partial charge on any atom is 0.0882 e. The van der Waals surface area contributed by atoms with E-state index in [1.54, 1.807) is 27.1 Å². The number of allylic oxidation sites excluding steroid dienone is 4. The molecule has 0 radical (unpaired) electrons. The lowest BCUT2D eigenvalue weighted by molar-refractivity contribution is 1.10. The van der Waals surface area contributed by atoms with Gasteiger partial charge in [0, 0.05) is 0 Å². The Morgan fingerprint density at radius 2 is 1.59 bits per heavy atom. The largest absolute Gasteiger partial charge is 0.0882 e. The molecule has 0 nitrogen and oxygen atoms in total. The molecule has 3 rings (SSSR count). The van der Waals surface area contributed by atoms with Crippen LogP contribution in [0, 0.1) is 6.92 Å². The average molecular weight is 305 g/mol. The van der Waals surface area contributed by atoms with Crippen molar-refractivity contribution in [1.29, 1.82) is 0 Å². The van der Waals surface area contributed by atoms with Crippen LogP contribution in [0.2, 0.25) is 0 Å². The van der Waals surface area contributed by atoms with Crippen molar-refractivity contribution in [3.63, 3.8) is 0 Å². The first-order valence-electron chi connectivity index (χ1n) is 8.21. The van der Waals surface area contributed by atoms with E-state index in [1.165, 1.54) is 11.1 Å². The Morgan fingerprint density at radius 1 is 0.909 bits per heavy atom. The molecule has 22 heavy (non-hydrogen) atoms. The number of aryl methyl sites for hydroxylation is 1. The average Bonchev–Trinajstić information content (AvgIpc) is 2.85. The van der Waals surface area contributed by atoms with Gasteiger partial charge in [0.25, 0.3) is 0 Å². The third kappa shape index (κ3) is 3.00. The van der Waals surface area contributed by atoms with E-state index in [4.69, 9.17) is 0 Å². The molecule has 0 atom stereocenters. The summed E-state index contributed by atoms with van der Waals surface area (Å²) in [6.07, 6.45) is 2.30. The van der Waals surface area contributed by atoms with Crippen LogP contribution in [0.15, 0.2) is 70.9 Å². The van der Waals surface area contributed by atoms with Gasteiger partial charge in [0.1, 0.15) is 0 Å². The maximum absolute atomic E-state index is 2.32. The Bertz CT molecular complexity index is 718. The van der Waals surface area contributed by atoms with E-state index in [2.05, 4.69) is 75.4 Å². The van der Waals surface area contributed by atoms with Gasteiger partial charge in [-0.25, -0.2) is 0 Å². The zero-order valence-electron chi connectivity index (χ0n) is 13.8. The number of benzene rings is 2. The van der Waals surface area contributed by atoms with Crippen LogP contribution in [0.5, 0.6) is 0 Å². The molecule has 0 heterocycles. The minimum absolute atomic E-state index is 0.404. The lowest BCUT2D eigenvalue weighted by Crippen LogP contribution is -2.17. The van der Waals surface area contributed by atoms with Crippen LogP contribution in [0.1, 0.15) is 37.8 Å². The van der Waals surface area contributed by atoms with Gasteiger partial charge in [-0.15, -0.1) is 0 Å². The molecule has 0 N–H and O–H groups in total. The molecule has 0 amide bonds. The van der Waals surface area contributed by atoms with Crippen LogP contribution >= 0.6 is 0 Å². The highest BCUT2D eigenvalue weighted by Gasteiger charge is 2.22. The lowest BCUT2D eigenvalue weighted by Gasteiger charge is -2.12. The van der Waals surface area contributed by atoms with Gasteiger partial charge in [-0.2, -0.15) is 0 Å². The topological polar surface area (TPSA) is 0 Å². The predicted octanol–water partition coefficient (Wildman–Crippen LogP) is 4.33. The highest BCUT2D eigenvalue weighted by molar-refractivity contribution is 6.63. The van der Waals surface area contributed by atoms with Gasteiger partial charge in [0.2, 0.25) is 0 Å². The van der Waals surface area contributed by atoms with Gasteiger partial charge in [0.05, 0.1) is 9.52 Å². The molecule has 0 spiro atoms. The van der Waals surface area contributed by atoms with Crippen molar-refractivity contribution in [2.75, 3.05) is 0 Å². The molecule has 112 valence electrons. The highest BCUT2D eigenvalue weighted by atomic mass is 28.2. The fraction of sp³-hybridized carbons (Fsp3) is 0.238. The summed E-state index contributed by atoms with van der Waals surface area (Å²) in [5.74, 6) is 0. The highest BCUT2D eigenvalue weighted by Crippen LogP contribution is 2.39. The monoisotopic (exact) mass is 304 g/mol. The quantitative estimate of drug-likeness (QED) is 0.738. The summed E-state index contributed by atoms with van der Waals surface area (Å²) in [5.41, 5.74) is 7.56. The molecule has 0 fully saturated rings. The summed E-state index contributed by atoms with van der Waals surface area (Å²) in [6.45, 7) is 6.78. The normalized spacial score (nSPS) is 15.4. The Morgan fingerprint density at radius 3 is 2.23 bits per heavy atom. The van der Waals surface area contributed by atoms with Crippen LogP contribution in [0.25, 0.3) is 5.57 Å². The van der Waals surface area contributed by atoms with Gasteiger partial charge in [-0.05, 0) is 43.4 Å². The molecule has 0 unspecified atom stereocenters. The lowest BCUT2D eigenvalue weighted by atomic mass is 10.0. The third-order valence-corrected chi connectivity index (χ3v) is 6.75. The van der Waals surface area contributed by atoms with Crippen molar-refractivity contribution >= 4 is 20.3 Å². The second-order valence-electron chi connectivity index (χ2n) is 6.27. The van der Waals surface area contributed by atoms with Gasteiger partial charge >= 0.3 is 0 Å². The summed E-state index contributed by atoms with van der Waals surface area (Å²) in [6, 6.07) is 20.1. The molecule has 0 bridgehead atoms. The minimum atomic E-state index is -0.404. The number of hydrogen-bond donors (Lipinski definition) is 0. The van der Waals surface area contributed by atoms with Crippen LogP contribution in [0.4, 0.5) is 0 Å². The zero-order valence-corrected chi connectivity index (χ0v) is 15.2. The van der Waals surface area contributed by atoms with Crippen molar-refractivity contribution < 1.29 is 0 Å². The van der Waals surface area contributed by atoms with Gasteiger partial charge in [-0.1, -0.05) is 83.0 Å². The molecule has 0 saturated carbocycles. The molecule has 1 heteroatoms. The van der Waals surface area contributed by atoms with Crippen molar-refractivity contribution in [3.05, 3.63) is 82.1 Å². The van der Waals surface area contributed by atoms with E-state index in [1.807, 2.05) is 0 Å². The first-order chi connectivity index (χ1) is 10.7. The molecule has 1 aliphatic carbocycles. The zero-order chi connectivity index (χ0) is 15.5. The van der Waals surface area contributed by atoms with E-state index in [0.717, 1.165) is 12.8 Å². The number of rotatable bonds is 4. The van der Waals surface area contributed by atoms with Crippen LogP contribution < -0.4 is 5.19 Å². The fourth-order valence-electron chi connectivity index (χ4n) is 3.48. The predicted molar refractivity (Wildman–Crippen MR) is 100 cm³/mol. The first kappa shape index (κ1) is 15.0. The van der Waals surface area contributed by atoms with Crippen LogP contribution in [0.3, 0.4) is 0 Å². The molecule has 2 aromatic carbocycles. The van der Waals surface area contributed by atoms with E-state index < -0.39 is 9.52 Å². The van der Waals surface area contributed by atoms with Crippen molar-refractivity contribution in [2.24, 2.45) is 0 Å². The van der Waals surface area contributed by atoms with E-state index in [-0.39, 0.29) is 0 Å². The van der Waals surface area contributed by atoms with E-state index in [9.17, 15) is 0 Å². The molecule has 1 aliphatic rings. The van der Waals surface area contributed by atoms with Crippen LogP contribution in [-0.2, 0) is 0 Å². The van der Waals surface area contributed by atoms with E-state index in [0.29, 0.717) is 0 Å². The van der Waals surface area contributed by atoms with Crippen molar-refractivity contribution in [3.8, 4) is 0 Å². The molecule has 0 aliphatic heterocycles. The summed E-state index contributed by atoms with van der Waals surface area (Å²) >= 11 is 0. The Hall–Kier alpha value is -1.86. The van der Waals surface area contributed by atoms with Gasteiger partial charge in [0.15, 0.2) is 0 Å². The Kier molecular flexibility index (Phi) is 4.44. The molecule has 0 aromatic heterocycles. The molecule has 2 aromatic rings. The van der Waals surface area contributed by atoms with Crippen molar-refractivity contribution in [1.82, 2.24) is 0 Å².